The lowest BCUT2D eigenvalue weighted by Crippen LogP contribution is -2.38. The van der Waals surface area contributed by atoms with Crippen molar-refractivity contribution in [3.63, 3.8) is 0 Å². The van der Waals surface area contributed by atoms with Gasteiger partial charge in [0.15, 0.2) is 4.80 Å². The van der Waals surface area contributed by atoms with E-state index >= 15 is 0 Å². The Bertz CT molecular complexity index is 1690. The van der Waals surface area contributed by atoms with Crippen LogP contribution in [0.4, 0.5) is 5.69 Å². The number of allylic oxidation sites excluding steroid dienone is 1. The molecule has 0 saturated carbocycles. The number of fused-ring (bicyclic) bond motifs is 3. The highest BCUT2D eigenvalue weighted by molar-refractivity contribution is 7.07. The Hall–Kier alpha value is -3.90. The maximum Gasteiger partial charge on any atom is 0.271 e. The van der Waals surface area contributed by atoms with Crippen LogP contribution >= 0.6 is 11.3 Å². The smallest absolute Gasteiger partial charge is 0.271 e. The first-order valence-electron chi connectivity index (χ1n) is 13.2. The molecule has 0 bridgehead atoms. The third-order valence-electron chi connectivity index (χ3n) is 7.62. The summed E-state index contributed by atoms with van der Waals surface area (Å²) in [7, 11) is 1.67. The van der Waals surface area contributed by atoms with E-state index in [2.05, 4.69) is 79.4 Å². The van der Waals surface area contributed by atoms with Crippen LogP contribution in [0.3, 0.4) is 0 Å². The van der Waals surface area contributed by atoms with Crippen molar-refractivity contribution in [3.05, 3.63) is 120 Å². The fourth-order valence-corrected chi connectivity index (χ4v) is 6.63. The first kappa shape index (κ1) is 24.4. The number of anilines is 1. The fourth-order valence-electron chi connectivity index (χ4n) is 5.63. The van der Waals surface area contributed by atoms with Gasteiger partial charge in [0, 0.05) is 24.3 Å². The number of hydrogen-bond acceptors (Lipinski definition) is 5. The van der Waals surface area contributed by atoms with E-state index in [9.17, 15) is 4.79 Å². The largest absolute Gasteiger partial charge is 0.497 e. The Morgan fingerprint density at radius 2 is 1.74 bits per heavy atom. The highest BCUT2D eigenvalue weighted by Gasteiger charge is 2.32. The van der Waals surface area contributed by atoms with E-state index in [4.69, 9.17) is 9.73 Å². The minimum absolute atomic E-state index is 0.00722. The molecule has 5 nitrogen and oxygen atoms in total. The van der Waals surface area contributed by atoms with E-state index in [-0.39, 0.29) is 11.6 Å². The third-order valence-corrected chi connectivity index (χ3v) is 8.61. The maximum absolute atomic E-state index is 13.9. The van der Waals surface area contributed by atoms with Crippen LogP contribution < -0.4 is 24.5 Å². The molecule has 0 spiro atoms. The van der Waals surface area contributed by atoms with Crippen molar-refractivity contribution in [1.29, 1.82) is 0 Å². The predicted molar refractivity (Wildman–Crippen MR) is 156 cm³/mol. The molecule has 0 N–H and O–H groups in total. The zero-order valence-electron chi connectivity index (χ0n) is 22.0. The van der Waals surface area contributed by atoms with Crippen molar-refractivity contribution < 1.29 is 4.74 Å². The second kappa shape index (κ2) is 10.1. The van der Waals surface area contributed by atoms with Crippen LogP contribution in [0.15, 0.2) is 88.2 Å². The van der Waals surface area contributed by atoms with Crippen LogP contribution in [0, 0.1) is 0 Å². The molecule has 3 aromatic carbocycles. The molecule has 2 heterocycles. The SMILES string of the molecule is CCN(CC)c1ccc(/C=c2\sc3n(c2=O)[C@@H](c2ccc(OC)cc2)C2=C(N=3)c3ccccc3CC2)cc1. The van der Waals surface area contributed by atoms with Gasteiger partial charge in [-0.1, -0.05) is 59.9 Å². The van der Waals surface area contributed by atoms with Gasteiger partial charge in [0.05, 0.1) is 23.4 Å². The van der Waals surface area contributed by atoms with Gasteiger partial charge < -0.3 is 9.64 Å². The summed E-state index contributed by atoms with van der Waals surface area (Å²) in [6.45, 7) is 6.26. The van der Waals surface area contributed by atoms with Gasteiger partial charge in [-0.3, -0.25) is 9.36 Å². The summed E-state index contributed by atoms with van der Waals surface area (Å²) in [5.74, 6) is 0.803. The minimum Gasteiger partial charge on any atom is -0.497 e. The Balaban J connectivity index is 1.51. The summed E-state index contributed by atoms with van der Waals surface area (Å²) in [6.07, 6.45) is 3.82. The molecule has 1 aromatic heterocycles. The molecule has 1 aliphatic carbocycles. The number of aromatic nitrogens is 1. The summed E-state index contributed by atoms with van der Waals surface area (Å²) in [6, 6.07) is 24.9. The molecule has 6 heteroatoms. The molecule has 2 aliphatic rings. The molecule has 0 radical (unpaired) electrons. The molecule has 0 fully saturated rings. The number of nitrogens with zero attached hydrogens (tertiary/aromatic N) is 3. The first-order chi connectivity index (χ1) is 18.6. The van der Waals surface area contributed by atoms with Gasteiger partial charge in [-0.25, -0.2) is 4.99 Å². The van der Waals surface area contributed by atoms with Crippen LogP contribution in [-0.4, -0.2) is 24.8 Å². The number of ether oxygens (including phenoxy) is 1. The Kier molecular flexibility index (Phi) is 6.50. The molecule has 6 rings (SSSR count). The number of aryl methyl sites for hydroxylation is 1. The molecule has 0 unspecified atom stereocenters. The van der Waals surface area contributed by atoms with E-state index < -0.39 is 0 Å². The number of rotatable bonds is 6. The van der Waals surface area contributed by atoms with Gasteiger partial charge in [-0.15, -0.1) is 0 Å². The van der Waals surface area contributed by atoms with E-state index in [1.807, 2.05) is 22.8 Å². The quantitative estimate of drug-likeness (QED) is 0.352. The van der Waals surface area contributed by atoms with Gasteiger partial charge in [-0.2, -0.15) is 0 Å². The van der Waals surface area contributed by atoms with Crippen LogP contribution in [0.1, 0.15) is 48.6 Å². The molecular formula is C32H31N3O2S. The summed E-state index contributed by atoms with van der Waals surface area (Å²) >= 11 is 1.47. The second-order valence-electron chi connectivity index (χ2n) is 9.65. The summed E-state index contributed by atoms with van der Waals surface area (Å²) < 4.78 is 8.00. The summed E-state index contributed by atoms with van der Waals surface area (Å²) in [5, 5.41) is 0. The summed E-state index contributed by atoms with van der Waals surface area (Å²) in [5.41, 5.74) is 8.01. The zero-order valence-corrected chi connectivity index (χ0v) is 22.8. The van der Waals surface area contributed by atoms with E-state index in [1.54, 1.807) is 7.11 Å². The van der Waals surface area contributed by atoms with Crippen molar-refractivity contribution in [1.82, 2.24) is 4.57 Å². The lowest BCUT2D eigenvalue weighted by molar-refractivity contribution is 0.414. The van der Waals surface area contributed by atoms with Crippen LogP contribution in [0.2, 0.25) is 0 Å². The number of thiazole rings is 1. The van der Waals surface area contributed by atoms with E-state index in [1.165, 1.54) is 33.7 Å². The average molecular weight is 522 g/mol. The van der Waals surface area contributed by atoms with Crippen molar-refractivity contribution >= 4 is 28.8 Å². The van der Waals surface area contributed by atoms with Gasteiger partial charge in [0.25, 0.3) is 5.56 Å². The van der Waals surface area contributed by atoms with Crippen molar-refractivity contribution in [2.75, 3.05) is 25.1 Å². The lowest BCUT2D eigenvalue weighted by Gasteiger charge is -2.30. The van der Waals surface area contributed by atoms with E-state index in [0.717, 1.165) is 53.3 Å². The van der Waals surface area contributed by atoms with Gasteiger partial charge in [0.2, 0.25) is 0 Å². The Labute approximate surface area is 226 Å². The molecular weight excluding hydrogens is 490 g/mol. The number of methoxy groups -OCH3 is 1. The van der Waals surface area contributed by atoms with Crippen molar-refractivity contribution in [2.45, 2.75) is 32.7 Å². The fraction of sp³-hybridized carbons (Fsp3) is 0.250. The maximum atomic E-state index is 13.9. The topological polar surface area (TPSA) is 46.8 Å². The summed E-state index contributed by atoms with van der Waals surface area (Å²) in [4.78, 5) is 22.1. The molecule has 1 atom stereocenters. The van der Waals surface area contributed by atoms with Crippen molar-refractivity contribution in [3.8, 4) is 5.75 Å². The molecule has 192 valence electrons. The van der Waals surface area contributed by atoms with Gasteiger partial charge in [-0.05, 0) is 79.3 Å². The highest BCUT2D eigenvalue weighted by atomic mass is 32.1. The van der Waals surface area contributed by atoms with Crippen LogP contribution in [0.25, 0.3) is 11.8 Å². The molecule has 4 aromatic rings. The Morgan fingerprint density at radius 1 is 1.00 bits per heavy atom. The first-order valence-corrected chi connectivity index (χ1v) is 14.0. The molecule has 38 heavy (non-hydrogen) atoms. The van der Waals surface area contributed by atoms with Gasteiger partial charge >= 0.3 is 0 Å². The average Bonchev–Trinajstić information content (AvgIpc) is 3.27. The second-order valence-corrected chi connectivity index (χ2v) is 10.7. The third kappa shape index (κ3) is 4.19. The van der Waals surface area contributed by atoms with Crippen molar-refractivity contribution in [2.24, 2.45) is 4.99 Å². The standard InChI is InChI=1S/C32H31N3O2S/c1-4-34(5-2)24-15-10-21(11-16-24)20-28-31(36)35-30(23-12-17-25(37-3)18-13-23)27-19-14-22-8-6-7-9-26(22)29(27)33-32(35)38-28/h6-13,15-18,20,30H,4-5,14,19H2,1-3H3/b28-20-/t30-/m0/s1. The monoisotopic (exact) mass is 521 g/mol. The van der Waals surface area contributed by atoms with E-state index in [0.29, 0.717) is 4.53 Å². The molecule has 0 amide bonds. The zero-order chi connectivity index (χ0) is 26.2. The number of hydrogen-bond donors (Lipinski definition) is 0. The molecule has 0 saturated heterocycles. The highest BCUT2D eigenvalue weighted by Crippen LogP contribution is 2.41. The minimum atomic E-state index is -0.187. The van der Waals surface area contributed by atoms with Crippen LogP contribution in [0.5, 0.6) is 5.75 Å². The number of benzene rings is 3. The Morgan fingerprint density at radius 3 is 2.45 bits per heavy atom. The molecule has 1 aliphatic heterocycles. The van der Waals surface area contributed by atoms with Gasteiger partial charge in [0.1, 0.15) is 5.75 Å². The predicted octanol–water partition coefficient (Wildman–Crippen LogP) is 5.17. The lowest BCUT2D eigenvalue weighted by atomic mass is 9.83. The van der Waals surface area contributed by atoms with Crippen LogP contribution in [-0.2, 0) is 6.42 Å². The normalized spacial score (nSPS) is 16.4.